The van der Waals surface area contributed by atoms with Crippen LogP contribution in [0, 0.1) is 13.8 Å². The Bertz CT molecular complexity index is 1130. The summed E-state index contributed by atoms with van der Waals surface area (Å²) in [6.45, 7) is 4.06. The highest BCUT2D eigenvalue weighted by molar-refractivity contribution is 5.57. The smallest absolute Gasteiger partial charge is 0.320 e. The maximum atomic E-state index is 13.1. The summed E-state index contributed by atoms with van der Waals surface area (Å²) in [6.07, 6.45) is 1.77. The molecule has 26 heavy (non-hydrogen) atoms. The van der Waals surface area contributed by atoms with Crippen LogP contribution in [0.5, 0.6) is 0 Å². The number of pyridine rings is 1. The first-order valence-corrected chi connectivity index (χ1v) is 8.46. The molecule has 0 fully saturated rings. The molecular weight excluding hydrogens is 324 g/mol. The Hall–Kier alpha value is -3.47. The summed E-state index contributed by atoms with van der Waals surface area (Å²) in [5.74, 6) is 0.464. The zero-order valence-corrected chi connectivity index (χ0v) is 14.7. The second-order valence-corrected chi connectivity index (χ2v) is 6.32. The highest BCUT2D eigenvalue weighted by Gasteiger charge is 2.18. The third kappa shape index (κ3) is 2.95. The Balaban J connectivity index is 1.94. The van der Waals surface area contributed by atoms with Crippen molar-refractivity contribution in [2.75, 3.05) is 5.32 Å². The van der Waals surface area contributed by atoms with Crippen molar-refractivity contribution in [2.45, 2.75) is 13.8 Å². The van der Waals surface area contributed by atoms with Crippen molar-refractivity contribution in [3.63, 3.8) is 0 Å². The predicted molar refractivity (Wildman–Crippen MR) is 102 cm³/mol. The molecule has 0 unspecified atom stereocenters. The summed E-state index contributed by atoms with van der Waals surface area (Å²) in [4.78, 5) is 13.1. The topological polar surface area (TPSA) is 51.0 Å². The van der Waals surface area contributed by atoms with E-state index in [-0.39, 0.29) is 5.56 Å². The number of aryl methyl sites for hydroxylation is 2. The summed E-state index contributed by atoms with van der Waals surface area (Å²) in [5, 5.41) is 7.90. The van der Waals surface area contributed by atoms with Crippen LogP contribution in [0.3, 0.4) is 0 Å². The molecule has 2 aromatic carbocycles. The maximum Gasteiger partial charge on any atom is 0.333 e. The van der Waals surface area contributed by atoms with Crippen LogP contribution in [-0.2, 0) is 0 Å². The summed E-state index contributed by atoms with van der Waals surface area (Å²) >= 11 is 0. The number of hydrogen-bond donors (Lipinski definition) is 1. The molecule has 0 aliphatic rings. The largest absolute Gasteiger partial charge is 0.333 e. The van der Waals surface area contributed by atoms with E-state index in [4.69, 9.17) is 0 Å². The lowest BCUT2D eigenvalue weighted by Gasteiger charge is -2.12. The van der Waals surface area contributed by atoms with Crippen LogP contribution in [0.2, 0.25) is 0 Å². The van der Waals surface area contributed by atoms with E-state index >= 15 is 0 Å². The Morgan fingerprint density at radius 2 is 1.54 bits per heavy atom. The maximum absolute atomic E-state index is 13.1. The highest BCUT2D eigenvalue weighted by Crippen LogP contribution is 2.17. The molecule has 0 spiro atoms. The molecule has 4 aromatic rings. The molecule has 0 bridgehead atoms. The lowest BCUT2D eigenvalue weighted by atomic mass is 10.2. The first kappa shape index (κ1) is 16.0. The fraction of sp³-hybridized carbons (Fsp3) is 0.0952. The van der Waals surface area contributed by atoms with Gasteiger partial charge in [0.15, 0.2) is 0 Å². The third-order valence-electron chi connectivity index (χ3n) is 4.28. The van der Waals surface area contributed by atoms with Gasteiger partial charge in [-0.15, -0.1) is 0 Å². The summed E-state index contributed by atoms with van der Waals surface area (Å²) in [5.41, 5.74) is 4.35. The van der Waals surface area contributed by atoms with Crippen LogP contribution in [0.15, 0.2) is 77.7 Å². The van der Waals surface area contributed by atoms with Crippen molar-refractivity contribution in [1.82, 2.24) is 9.67 Å². The van der Waals surface area contributed by atoms with E-state index in [1.807, 2.05) is 74.5 Å². The van der Waals surface area contributed by atoms with E-state index in [1.54, 1.807) is 21.3 Å². The number of nitrogens with one attached hydrogen (secondary N) is 1. The molecule has 2 heterocycles. The van der Waals surface area contributed by atoms with Crippen molar-refractivity contribution in [3.8, 4) is 5.69 Å². The molecular formula is C21H19N4O+. The van der Waals surface area contributed by atoms with Crippen molar-refractivity contribution in [1.29, 1.82) is 0 Å². The lowest BCUT2D eigenvalue weighted by Crippen LogP contribution is -2.38. The molecule has 0 atom stereocenters. The number of anilines is 2. The lowest BCUT2D eigenvalue weighted by molar-refractivity contribution is -0.580. The van der Waals surface area contributed by atoms with Gasteiger partial charge in [-0.1, -0.05) is 35.4 Å². The number of aromatic nitrogens is 3. The zero-order valence-electron chi connectivity index (χ0n) is 14.7. The second kappa shape index (κ2) is 6.44. The van der Waals surface area contributed by atoms with Gasteiger partial charge in [0, 0.05) is 22.9 Å². The number of benzene rings is 2. The van der Waals surface area contributed by atoms with Crippen LogP contribution < -0.4 is 15.4 Å². The van der Waals surface area contributed by atoms with Crippen molar-refractivity contribution >= 4 is 17.2 Å². The predicted octanol–water partition coefficient (Wildman–Crippen LogP) is 3.33. The Morgan fingerprint density at radius 1 is 0.885 bits per heavy atom. The van der Waals surface area contributed by atoms with Crippen LogP contribution >= 0.6 is 0 Å². The number of fused-ring (bicyclic) bond motifs is 1. The molecule has 0 saturated heterocycles. The quantitative estimate of drug-likeness (QED) is 0.581. The average Bonchev–Trinajstić information content (AvgIpc) is 2.65. The molecule has 4 rings (SSSR count). The molecule has 5 nitrogen and oxygen atoms in total. The van der Waals surface area contributed by atoms with Crippen molar-refractivity contribution in [3.05, 3.63) is 94.4 Å². The first-order valence-electron chi connectivity index (χ1n) is 8.46. The molecule has 2 aromatic heterocycles. The molecule has 0 amide bonds. The van der Waals surface area contributed by atoms with E-state index in [1.165, 1.54) is 5.56 Å². The normalized spacial score (nSPS) is 10.8. The van der Waals surface area contributed by atoms with E-state index in [0.717, 1.165) is 16.9 Å². The van der Waals surface area contributed by atoms with Gasteiger partial charge in [-0.25, -0.2) is 4.57 Å². The molecule has 0 aliphatic heterocycles. The number of hydrogen-bond acceptors (Lipinski definition) is 3. The molecule has 5 heteroatoms. The van der Waals surface area contributed by atoms with Crippen LogP contribution in [0.4, 0.5) is 11.6 Å². The van der Waals surface area contributed by atoms with Gasteiger partial charge < -0.3 is 5.32 Å². The molecule has 1 N–H and O–H groups in total. The van der Waals surface area contributed by atoms with Gasteiger partial charge in [0.1, 0.15) is 0 Å². The number of rotatable bonds is 3. The van der Waals surface area contributed by atoms with Gasteiger partial charge >= 0.3 is 11.1 Å². The standard InChI is InChI=1S/C21H18N4O/c1-15-6-10-17(11-7-15)22-21-23-24-14-4-3-5-19(24)20(26)25(21)18-12-8-16(2)9-13-18/h3-14H,1-2H3/p+1. The van der Waals surface area contributed by atoms with E-state index in [9.17, 15) is 4.79 Å². The van der Waals surface area contributed by atoms with Gasteiger partial charge in [0.05, 0.1) is 5.69 Å². The minimum atomic E-state index is -0.126. The van der Waals surface area contributed by atoms with Gasteiger partial charge in [-0.05, 0) is 48.7 Å². The van der Waals surface area contributed by atoms with Crippen molar-refractivity contribution < 1.29 is 4.52 Å². The summed E-state index contributed by atoms with van der Waals surface area (Å²) in [7, 11) is 0. The number of nitrogens with zero attached hydrogens (tertiary/aromatic N) is 3. The van der Waals surface area contributed by atoms with Crippen molar-refractivity contribution in [2.24, 2.45) is 0 Å². The highest BCUT2D eigenvalue weighted by atomic mass is 16.1. The van der Waals surface area contributed by atoms with Gasteiger partial charge in [-0.3, -0.25) is 4.79 Å². The average molecular weight is 343 g/mol. The fourth-order valence-electron chi connectivity index (χ4n) is 2.83. The molecule has 0 aliphatic carbocycles. The van der Waals surface area contributed by atoms with E-state index in [0.29, 0.717) is 11.5 Å². The van der Waals surface area contributed by atoms with E-state index in [2.05, 4.69) is 10.4 Å². The van der Waals surface area contributed by atoms with Crippen LogP contribution in [0.25, 0.3) is 11.2 Å². The zero-order chi connectivity index (χ0) is 18.1. The van der Waals surface area contributed by atoms with Gasteiger partial charge in [0.25, 0.3) is 5.95 Å². The Morgan fingerprint density at radius 3 is 2.23 bits per heavy atom. The molecule has 0 radical (unpaired) electrons. The summed E-state index contributed by atoms with van der Waals surface area (Å²) < 4.78 is 3.21. The SMILES string of the molecule is Cc1ccc(Nc2n[n+]3ccccc3c(=O)n2-c2ccc(C)cc2)cc1. The minimum absolute atomic E-state index is 0.126. The van der Waals surface area contributed by atoms with Crippen LogP contribution in [-0.4, -0.2) is 9.67 Å². The Labute approximate surface area is 151 Å². The van der Waals surface area contributed by atoms with Crippen LogP contribution in [0.1, 0.15) is 11.1 Å². The Kier molecular flexibility index (Phi) is 3.97. The monoisotopic (exact) mass is 343 g/mol. The van der Waals surface area contributed by atoms with Gasteiger partial charge in [0.2, 0.25) is 6.20 Å². The molecule has 128 valence electrons. The minimum Gasteiger partial charge on any atom is -0.320 e. The van der Waals surface area contributed by atoms with Gasteiger partial charge in [-0.2, -0.15) is 0 Å². The van der Waals surface area contributed by atoms with E-state index < -0.39 is 0 Å². The fourth-order valence-corrected chi connectivity index (χ4v) is 2.83. The summed E-state index contributed by atoms with van der Waals surface area (Å²) in [6, 6.07) is 21.3. The second-order valence-electron chi connectivity index (χ2n) is 6.32. The third-order valence-corrected chi connectivity index (χ3v) is 4.28. The first-order chi connectivity index (χ1) is 12.6. The molecule has 0 saturated carbocycles.